The van der Waals surface area contributed by atoms with E-state index in [4.69, 9.17) is 9.15 Å². The molecule has 0 atom stereocenters. The molecule has 1 N–H and O–H groups in total. The van der Waals surface area contributed by atoms with Crippen LogP contribution in [0.5, 0.6) is 5.75 Å². The van der Waals surface area contributed by atoms with Gasteiger partial charge < -0.3 is 19.4 Å². The summed E-state index contributed by atoms with van der Waals surface area (Å²) in [6.45, 7) is 3.71. The zero-order valence-electron chi connectivity index (χ0n) is 18.8. The van der Waals surface area contributed by atoms with E-state index in [1.807, 2.05) is 55.6 Å². The van der Waals surface area contributed by atoms with Gasteiger partial charge in [-0.05, 0) is 51.4 Å². The summed E-state index contributed by atoms with van der Waals surface area (Å²) < 4.78 is 12.6. The van der Waals surface area contributed by atoms with E-state index in [2.05, 4.69) is 10.3 Å². The highest BCUT2D eigenvalue weighted by molar-refractivity contribution is 7.13. The third kappa shape index (κ3) is 5.32. The van der Waals surface area contributed by atoms with E-state index in [1.165, 1.54) is 11.3 Å². The van der Waals surface area contributed by atoms with Crippen molar-refractivity contribution in [3.63, 3.8) is 0 Å². The third-order valence-electron chi connectivity index (χ3n) is 5.03. The predicted molar refractivity (Wildman–Crippen MR) is 130 cm³/mol. The number of likely N-dealkylation sites (N-methyl/N-ethyl adjacent to an activating group) is 1. The molecule has 0 aliphatic carbocycles. The molecule has 0 saturated heterocycles. The van der Waals surface area contributed by atoms with Crippen molar-refractivity contribution >= 4 is 34.0 Å². The van der Waals surface area contributed by atoms with E-state index in [0.717, 1.165) is 16.3 Å². The number of benzene rings is 2. The van der Waals surface area contributed by atoms with Crippen LogP contribution in [0.3, 0.4) is 0 Å². The van der Waals surface area contributed by atoms with Crippen LogP contribution in [0.15, 0.2) is 57.1 Å². The number of anilines is 1. The van der Waals surface area contributed by atoms with Crippen molar-refractivity contribution in [1.29, 1.82) is 0 Å². The topological polar surface area (TPSA) is 89.6 Å². The fourth-order valence-corrected chi connectivity index (χ4v) is 4.31. The summed E-state index contributed by atoms with van der Waals surface area (Å²) in [6, 6.07) is 12.9. The Morgan fingerprint density at radius 3 is 2.85 bits per heavy atom. The highest BCUT2D eigenvalue weighted by Gasteiger charge is 2.14. The minimum atomic E-state index is -0.405. The number of aromatic nitrogens is 2. The standard InChI is InChI=1S/C24H26N4O4S/c1-4-31-20-8-6-5-7-18(20)23-26-17(15-33-23)14-22(29)25-16-9-10-21-19(13-16)28(24(30)32-21)12-11-27(2)3/h5-10,13,15H,4,11-12,14H2,1-3H3,(H,25,29). The molecule has 0 fully saturated rings. The van der Waals surface area contributed by atoms with Crippen LogP contribution in [-0.2, 0) is 17.8 Å². The van der Waals surface area contributed by atoms with Gasteiger partial charge in [-0.2, -0.15) is 0 Å². The molecule has 2 aromatic carbocycles. The lowest BCUT2D eigenvalue weighted by Crippen LogP contribution is -2.23. The predicted octanol–water partition coefficient (Wildman–Crippen LogP) is 3.86. The van der Waals surface area contributed by atoms with Gasteiger partial charge in [0, 0.05) is 24.2 Å². The number of amides is 1. The molecule has 0 bridgehead atoms. The zero-order valence-corrected chi connectivity index (χ0v) is 19.6. The summed E-state index contributed by atoms with van der Waals surface area (Å²) in [7, 11) is 3.89. The van der Waals surface area contributed by atoms with Crippen molar-refractivity contribution in [1.82, 2.24) is 14.5 Å². The normalized spacial score (nSPS) is 11.3. The number of rotatable bonds is 9. The summed E-state index contributed by atoms with van der Waals surface area (Å²) in [4.78, 5) is 31.5. The maximum atomic E-state index is 12.7. The number of para-hydroxylation sites is 1. The number of carbonyl (C=O) groups is 1. The SMILES string of the molecule is CCOc1ccccc1-c1nc(CC(=O)Nc2ccc3oc(=O)n(CCN(C)C)c3c2)cs1. The second-order valence-corrected chi connectivity index (χ2v) is 8.66. The number of ether oxygens (including phenoxy) is 1. The zero-order chi connectivity index (χ0) is 23.4. The average Bonchev–Trinajstić information content (AvgIpc) is 3.36. The number of hydrogen-bond donors (Lipinski definition) is 1. The van der Waals surface area contributed by atoms with Crippen LogP contribution in [-0.4, -0.2) is 47.6 Å². The first-order valence-corrected chi connectivity index (χ1v) is 11.6. The summed E-state index contributed by atoms with van der Waals surface area (Å²) in [6.07, 6.45) is 0.143. The first kappa shape index (κ1) is 22.8. The molecule has 0 radical (unpaired) electrons. The number of thiazole rings is 1. The number of oxazole rings is 1. The minimum Gasteiger partial charge on any atom is -0.493 e. The van der Waals surface area contributed by atoms with E-state index in [0.29, 0.717) is 42.2 Å². The quantitative estimate of drug-likeness (QED) is 0.403. The number of nitrogens with one attached hydrogen (secondary N) is 1. The van der Waals surface area contributed by atoms with Crippen LogP contribution in [0.2, 0.25) is 0 Å². The van der Waals surface area contributed by atoms with Gasteiger partial charge in [-0.1, -0.05) is 12.1 Å². The maximum Gasteiger partial charge on any atom is 0.419 e. The first-order chi connectivity index (χ1) is 15.9. The third-order valence-corrected chi connectivity index (χ3v) is 5.96. The molecular weight excluding hydrogens is 440 g/mol. The van der Waals surface area contributed by atoms with Crippen LogP contribution >= 0.6 is 11.3 Å². The Bertz CT molecular complexity index is 1320. The monoisotopic (exact) mass is 466 g/mol. The molecule has 33 heavy (non-hydrogen) atoms. The Kier molecular flexibility index (Phi) is 6.90. The van der Waals surface area contributed by atoms with E-state index in [1.54, 1.807) is 22.8 Å². The Morgan fingerprint density at radius 2 is 2.06 bits per heavy atom. The molecule has 0 saturated carbocycles. The van der Waals surface area contributed by atoms with Crippen molar-refractivity contribution in [2.75, 3.05) is 32.6 Å². The van der Waals surface area contributed by atoms with E-state index in [9.17, 15) is 9.59 Å². The summed E-state index contributed by atoms with van der Waals surface area (Å²) in [5.74, 6) is 0.187. The minimum absolute atomic E-state index is 0.143. The molecule has 8 nitrogen and oxygen atoms in total. The molecule has 0 unspecified atom stereocenters. The summed E-state index contributed by atoms with van der Waals surface area (Å²) >= 11 is 1.48. The number of nitrogens with zero attached hydrogens (tertiary/aromatic N) is 3. The second-order valence-electron chi connectivity index (χ2n) is 7.80. The van der Waals surface area contributed by atoms with Gasteiger partial charge >= 0.3 is 5.76 Å². The molecule has 0 aliphatic rings. The molecule has 0 spiro atoms. The van der Waals surface area contributed by atoms with Crippen molar-refractivity contribution in [3.05, 3.63) is 64.1 Å². The molecule has 0 aliphatic heterocycles. The van der Waals surface area contributed by atoms with Crippen molar-refractivity contribution in [2.24, 2.45) is 0 Å². The first-order valence-electron chi connectivity index (χ1n) is 10.7. The molecule has 4 rings (SSSR count). The Hall–Kier alpha value is -3.43. The lowest BCUT2D eigenvalue weighted by atomic mass is 10.2. The van der Waals surface area contributed by atoms with Crippen LogP contribution in [0.1, 0.15) is 12.6 Å². The van der Waals surface area contributed by atoms with Crippen LogP contribution in [0.25, 0.3) is 21.7 Å². The highest BCUT2D eigenvalue weighted by Crippen LogP contribution is 2.32. The summed E-state index contributed by atoms with van der Waals surface area (Å²) in [5.41, 5.74) is 3.35. The lowest BCUT2D eigenvalue weighted by molar-refractivity contribution is -0.115. The van der Waals surface area contributed by atoms with Gasteiger partial charge in [-0.3, -0.25) is 9.36 Å². The van der Waals surface area contributed by atoms with Crippen LogP contribution in [0, 0.1) is 0 Å². The van der Waals surface area contributed by atoms with Gasteiger partial charge in [0.2, 0.25) is 5.91 Å². The molecule has 172 valence electrons. The molecule has 2 heterocycles. The maximum absolute atomic E-state index is 12.7. The van der Waals surface area contributed by atoms with Crippen molar-refractivity contribution in [3.8, 4) is 16.3 Å². The lowest BCUT2D eigenvalue weighted by Gasteiger charge is -2.10. The number of fused-ring (bicyclic) bond motifs is 1. The van der Waals surface area contributed by atoms with Gasteiger partial charge in [-0.15, -0.1) is 11.3 Å². The van der Waals surface area contributed by atoms with E-state index in [-0.39, 0.29) is 12.3 Å². The molecule has 4 aromatic rings. The van der Waals surface area contributed by atoms with Crippen LogP contribution < -0.4 is 15.8 Å². The van der Waals surface area contributed by atoms with Crippen LogP contribution in [0.4, 0.5) is 5.69 Å². The Labute approximate surface area is 195 Å². The van der Waals surface area contributed by atoms with E-state index < -0.39 is 5.76 Å². The Morgan fingerprint density at radius 1 is 1.24 bits per heavy atom. The largest absolute Gasteiger partial charge is 0.493 e. The van der Waals surface area contributed by atoms with Gasteiger partial charge in [0.1, 0.15) is 10.8 Å². The average molecular weight is 467 g/mol. The van der Waals surface area contributed by atoms with E-state index >= 15 is 0 Å². The second kappa shape index (κ2) is 10.0. The number of hydrogen-bond acceptors (Lipinski definition) is 7. The van der Waals surface area contributed by atoms with Crippen molar-refractivity contribution < 1.29 is 13.9 Å². The molecule has 9 heteroatoms. The van der Waals surface area contributed by atoms with Gasteiger partial charge in [0.15, 0.2) is 5.58 Å². The fourth-order valence-electron chi connectivity index (χ4n) is 3.46. The van der Waals surface area contributed by atoms with Gasteiger partial charge in [0.05, 0.1) is 29.8 Å². The molecule has 1 amide bonds. The number of carbonyl (C=O) groups excluding carboxylic acids is 1. The Balaban J connectivity index is 1.47. The fraction of sp³-hybridized carbons (Fsp3) is 0.292. The summed E-state index contributed by atoms with van der Waals surface area (Å²) in [5, 5.41) is 5.59. The highest BCUT2D eigenvalue weighted by atomic mass is 32.1. The molecule has 2 aromatic heterocycles. The van der Waals surface area contributed by atoms with Crippen molar-refractivity contribution in [2.45, 2.75) is 19.9 Å². The smallest absolute Gasteiger partial charge is 0.419 e. The molecular formula is C24H26N4O4S. The van der Waals surface area contributed by atoms with Gasteiger partial charge in [0.25, 0.3) is 0 Å². The van der Waals surface area contributed by atoms with Gasteiger partial charge in [-0.25, -0.2) is 9.78 Å².